The van der Waals surface area contributed by atoms with Gasteiger partial charge in [0.2, 0.25) is 5.12 Å². The van der Waals surface area contributed by atoms with Crippen LogP contribution >= 0.6 is 12.6 Å². The van der Waals surface area contributed by atoms with Crippen molar-refractivity contribution in [2.45, 2.75) is 6.42 Å². The van der Waals surface area contributed by atoms with Crippen molar-refractivity contribution in [3.63, 3.8) is 0 Å². The molecule has 0 aromatic heterocycles. The zero-order valence-electron chi connectivity index (χ0n) is 8.48. The number of carbonyl (C=O) groups is 1. The first-order chi connectivity index (χ1) is 6.72. The molecule has 1 heterocycles. The fourth-order valence-corrected chi connectivity index (χ4v) is 1.86. The summed E-state index contributed by atoms with van der Waals surface area (Å²) in [5.74, 6) is 0.653. The van der Waals surface area contributed by atoms with Gasteiger partial charge >= 0.3 is 0 Å². The smallest absolute Gasteiger partial charge is 0.208 e. The molecule has 0 spiro atoms. The van der Waals surface area contributed by atoms with Crippen molar-refractivity contribution >= 4 is 17.7 Å². The SMILES string of the molecule is COC[C@H]1CCN(C/C=C/C(=O)S)C1. The molecule has 0 unspecified atom stereocenters. The second-order valence-corrected chi connectivity index (χ2v) is 4.05. The molecule has 0 aromatic rings. The van der Waals surface area contributed by atoms with E-state index in [4.69, 9.17) is 4.74 Å². The highest BCUT2D eigenvalue weighted by atomic mass is 32.1. The summed E-state index contributed by atoms with van der Waals surface area (Å²) >= 11 is 3.66. The number of likely N-dealkylation sites (tertiary alicyclic amines) is 1. The van der Waals surface area contributed by atoms with Crippen LogP contribution in [0.15, 0.2) is 12.2 Å². The van der Waals surface area contributed by atoms with Gasteiger partial charge in [-0.3, -0.25) is 9.69 Å². The summed E-state index contributed by atoms with van der Waals surface area (Å²) in [4.78, 5) is 12.8. The van der Waals surface area contributed by atoms with E-state index in [1.54, 1.807) is 7.11 Å². The normalized spacial score (nSPS) is 23.4. The van der Waals surface area contributed by atoms with Gasteiger partial charge in [0, 0.05) is 20.2 Å². The summed E-state index contributed by atoms with van der Waals surface area (Å²) in [7, 11) is 1.74. The molecule has 0 bridgehead atoms. The van der Waals surface area contributed by atoms with E-state index in [-0.39, 0.29) is 5.12 Å². The highest BCUT2D eigenvalue weighted by Crippen LogP contribution is 2.15. The summed E-state index contributed by atoms with van der Waals surface area (Å²) in [5.41, 5.74) is 0. The zero-order valence-corrected chi connectivity index (χ0v) is 9.37. The van der Waals surface area contributed by atoms with Gasteiger partial charge in [-0.05, 0) is 25.0 Å². The van der Waals surface area contributed by atoms with E-state index < -0.39 is 0 Å². The van der Waals surface area contributed by atoms with E-state index in [2.05, 4.69) is 17.5 Å². The van der Waals surface area contributed by atoms with Crippen LogP contribution in [0, 0.1) is 5.92 Å². The molecule has 14 heavy (non-hydrogen) atoms. The predicted octanol–water partition coefficient (Wildman–Crippen LogP) is 0.967. The third-order valence-electron chi connectivity index (χ3n) is 2.40. The Morgan fingerprint density at radius 2 is 2.50 bits per heavy atom. The second kappa shape index (κ2) is 6.22. The Labute approximate surface area is 90.5 Å². The van der Waals surface area contributed by atoms with Gasteiger partial charge in [-0.15, -0.1) is 12.6 Å². The van der Waals surface area contributed by atoms with Gasteiger partial charge in [-0.2, -0.15) is 0 Å². The summed E-state index contributed by atoms with van der Waals surface area (Å²) in [6, 6.07) is 0. The van der Waals surface area contributed by atoms with Crippen LogP contribution in [0.3, 0.4) is 0 Å². The van der Waals surface area contributed by atoms with Crippen LogP contribution in [0.1, 0.15) is 6.42 Å². The Kier molecular flexibility index (Phi) is 5.22. The maximum absolute atomic E-state index is 10.5. The molecule has 1 aliphatic heterocycles. The number of thiol groups is 1. The number of hydrogen-bond donors (Lipinski definition) is 1. The van der Waals surface area contributed by atoms with Gasteiger partial charge in [-0.1, -0.05) is 6.08 Å². The van der Waals surface area contributed by atoms with Crippen LogP contribution < -0.4 is 0 Å². The first-order valence-corrected chi connectivity index (χ1v) is 5.28. The van der Waals surface area contributed by atoms with Crippen molar-refractivity contribution in [1.29, 1.82) is 0 Å². The Morgan fingerprint density at radius 1 is 1.71 bits per heavy atom. The van der Waals surface area contributed by atoms with E-state index in [0.717, 1.165) is 26.2 Å². The van der Waals surface area contributed by atoms with Gasteiger partial charge in [0.1, 0.15) is 0 Å². The topological polar surface area (TPSA) is 29.5 Å². The Morgan fingerprint density at radius 3 is 3.14 bits per heavy atom. The largest absolute Gasteiger partial charge is 0.384 e. The highest BCUT2D eigenvalue weighted by Gasteiger charge is 2.20. The Bertz CT molecular complexity index is 218. The minimum atomic E-state index is -0.183. The number of hydrogen-bond acceptors (Lipinski definition) is 3. The van der Waals surface area contributed by atoms with E-state index >= 15 is 0 Å². The van der Waals surface area contributed by atoms with Crippen molar-refractivity contribution in [1.82, 2.24) is 4.90 Å². The van der Waals surface area contributed by atoms with Crippen LogP contribution in [0.4, 0.5) is 0 Å². The molecule has 0 radical (unpaired) electrons. The van der Waals surface area contributed by atoms with E-state index in [1.165, 1.54) is 12.5 Å². The molecule has 1 atom stereocenters. The monoisotopic (exact) mass is 215 g/mol. The Hall–Kier alpha value is -0.320. The molecule has 0 aliphatic carbocycles. The molecule has 1 aliphatic rings. The van der Waals surface area contributed by atoms with E-state index in [9.17, 15) is 4.79 Å². The molecule has 1 rings (SSSR count). The van der Waals surface area contributed by atoms with Gasteiger partial charge in [-0.25, -0.2) is 0 Å². The third-order valence-corrected chi connectivity index (χ3v) is 2.55. The zero-order chi connectivity index (χ0) is 10.4. The lowest BCUT2D eigenvalue weighted by Crippen LogP contribution is -2.21. The number of rotatable bonds is 5. The van der Waals surface area contributed by atoms with Crippen LogP contribution in [0.2, 0.25) is 0 Å². The standard InChI is InChI=1S/C10H17NO2S/c1-13-8-9-4-6-11(7-9)5-2-3-10(12)14/h2-3,9H,4-8H2,1H3,(H,12,14)/b3-2+/t9-/m0/s1. The second-order valence-electron chi connectivity index (χ2n) is 3.61. The van der Waals surface area contributed by atoms with Crippen molar-refractivity contribution in [2.24, 2.45) is 5.92 Å². The number of ether oxygens (including phenoxy) is 1. The molecule has 1 fully saturated rings. The van der Waals surface area contributed by atoms with Crippen molar-refractivity contribution in [2.75, 3.05) is 33.4 Å². The van der Waals surface area contributed by atoms with Crippen LogP contribution in [0.25, 0.3) is 0 Å². The molecule has 0 saturated carbocycles. The van der Waals surface area contributed by atoms with E-state index in [0.29, 0.717) is 5.92 Å². The van der Waals surface area contributed by atoms with Gasteiger partial charge < -0.3 is 4.74 Å². The fourth-order valence-electron chi connectivity index (χ4n) is 1.75. The molecule has 4 heteroatoms. The minimum absolute atomic E-state index is 0.183. The molecular formula is C10H17NO2S. The molecule has 0 amide bonds. The van der Waals surface area contributed by atoms with Crippen LogP contribution in [0.5, 0.6) is 0 Å². The quantitative estimate of drug-likeness (QED) is 0.547. The number of methoxy groups -OCH3 is 1. The van der Waals surface area contributed by atoms with E-state index in [1.807, 2.05) is 6.08 Å². The molecule has 80 valence electrons. The average molecular weight is 215 g/mol. The minimum Gasteiger partial charge on any atom is -0.384 e. The lowest BCUT2D eigenvalue weighted by Gasteiger charge is -2.12. The van der Waals surface area contributed by atoms with Crippen molar-refractivity contribution in [3.05, 3.63) is 12.2 Å². The summed E-state index contributed by atoms with van der Waals surface area (Å²) < 4.78 is 5.11. The average Bonchev–Trinajstić information content (AvgIpc) is 2.53. The van der Waals surface area contributed by atoms with Crippen molar-refractivity contribution in [3.8, 4) is 0 Å². The first-order valence-electron chi connectivity index (χ1n) is 4.83. The third kappa shape index (κ3) is 4.26. The predicted molar refractivity (Wildman–Crippen MR) is 59.6 cm³/mol. The molecule has 0 aromatic carbocycles. The number of carbonyl (C=O) groups excluding carboxylic acids is 1. The van der Waals surface area contributed by atoms with Gasteiger partial charge in [0.25, 0.3) is 0 Å². The summed E-state index contributed by atoms with van der Waals surface area (Å²) in [6.45, 7) is 3.84. The summed E-state index contributed by atoms with van der Waals surface area (Å²) in [6.07, 6.45) is 4.56. The van der Waals surface area contributed by atoms with Crippen LogP contribution in [-0.4, -0.2) is 43.4 Å². The maximum Gasteiger partial charge on any atom is 0.208 e. The summed E-state index contributed by atoms with van der Waals surface area (Å²) in [5, 5.41) is -0.183. The van der Waals surface area contributed by atoms with Gasteiger partial charge in [0.15, 0.2) is 0 Å². The Balaban J connectivity index is 2.19. The molecule has 0 N–H and O–H groups in total. The van der Waals surface area contributed by atoms with Crippen LogP contribution in [-0.2, 0) is 9.53 Å². The lowest BCUT2D eigenvalue weighted by molar-refractivity contribution is -0.106. The number of nitrogens with zero attached hydrogens (tertiary/aromatic N) is 1. The highest BCUT2D eigenvalue weighted by molar-refractivity contribution is 7.97. The maximum atomic E-state index is 10.5. The molecule has 1 saturated heterocycles. The molecule has 3 nitrogen and oxygen atoms in total. The lowest BCUT2D eigenvalue weighted by atomic mass is 10.1. The van der Waals surface area contributed by atoms with Gasteiger partial charge in [0.05, 0.1) is 6.61 Å². The first kappa shape index (κ1) is 11.8. The van der Waals surface area contributed by atoms with Crippen molar-refractivity contribution < 1.29 is 9.53 Å². The molecular weight excluding hydrogens is 198 g/mol. The fraction of sp³-hybridized carbons (Fsp3) is 0.700.